The van der Waals surface area contributed by atoms with Crippen molar-refractivity contribution in [2.45, 2.75) is 0 Å². The van der Waals surface area contributed by atoms with Gasteiger partial charge in [-0.15, -0.1) is 0 Å². The lowest BCUT2D eigenvalue weighted by Crippen LogP contribution is -2.12. The molecule has 4 nitrogen and oxygen atoms in total. The molecule has 3 rings (SSSR count). The van der Waals surface area contributed by atoms with Gasteiger partial charge in [0.2, 0.25) is 0 Å². The van der Waals surface area contributed by atoms with Gasteiger partial charge in [-0.2, -0.15) is 0 Å². The molecule has 3 aromatic rings. The van der Waals surface area contributed by atoms with Crippen molar-refractivity contribution >= 4 is 33.1 Å². The fourth-order valence-corrected chi connectivity index (χ4v) is 2.91. The molecular formula is C20H21ClO4. The van der Waals surface area contributed by atoms with Gasteiger partial charge in [-0.1, -0.05) is 41.9 Å². The zero-order valence-corrected chi connectivity index (χ0v) is 14.7. The Kier molecular flexibility index (Phi) is 6.48. The Hall–Kier alpha value is -1.85. The van der Waals surface area contributed by atoms with Gasteiger partial charge in [-0.25, -0.2) is 0 Å². The topological polar surface area (TPSA) is 47.9 Å². The van der Waals surface area contributed by atoms with Crippen molar-refractivity contribution in [1.82, 2.24) is 0 Å². The minimum Gasteiger partial charge on any atom is -0.490 e. The number of ether oxygens (including phenoxy) is 3. The van der Waals surface area contributed by atoms with E-state index < -0.39 is 0 Å². The third-order valence-electron chi connectivity index (χ3n) is 3.86. The second-order valence-corrected chi connectivity index (χ2v) is 6.03. The molecule has 0 aliphatic heterocycles. The van der Waals surface area contributed by atoms with E-state index in [-0.39, 0.29) is 6.61 Å². The number of rotatable bonds is 9. The molecule has 25 heavy (non-hydrogen) atoms. The maximum Gasteiger partial charge on any atom is 0.135 e. The lowest BCUT2D eigenvalue weighted by atomic mass is 10.0. The van der Waals surface area contributed by atoms with Gasteiger partial charge in [-0.3, -0.25) is 0 Å². The summed E-state index contributed by atoms with van der Waals surface area (Å²) in [7, 11) is 0. The Morgan fingerprint density at radius 3 is 2.32 bits per heavy atom. The highest BCUT2D eigenvalue weighted by atomic mass is 35.5. The number of aliphatic hydroxyl groups excluding tert-OH is 1. The van der Waals surface area contributed by atoms with Crippen LogP contribution in [0.4, 0.5) is 0 Å². The van der Waals surface area contributed by atoms with Crippen molar-refractivity contribution < 1.29 is 19.3 Å². The molecule has 0 aliphatic carbocycles. The predicted molar refractivity (Wildman–Crippen MR) is 101 cm³/mol. The molecule has 5 heteroatoms. The molecule has 0 heterocycles. The molecular weight excluding hydrogens is 340 g/mol. The number of hydrogen-bond donors (Lipinski definition) is 1. The zero-order valence-electron chi connectivity index (χ0n) is 13.9. The molecule has 0 amide bonds. The molecule has 0 atom stereocenters. The number of hydrogen-bond acceptors (Lipinski definition) is 4. The summed E-state index contributed by atoms with van der Waals surface area (Å²) in [5.74, 6) is 0.829. The van der Waals surface area contributed by atoms with Crippen LogP contribution in [0.3, 0.4) is 0 Å². The van der Waals surface area contributed by atoms with Crippen LogP contribution in [0.1, 0.15) is 0 Å². The van der Waals surface area contributed by atoms with Crippen molar-refractivity contribution in [1.29, 1.82) is 0 Å². The standard InChI is InChI=1S/C20H21ClO4/c21-17-6-5-16-13-15-3-1-2-4-18(15)20(19(16)14-17)25-12-11-24-10-9-23-8-7-22/h1-6,13-14,22H,7-12H2. The van der Waals surface area contributed by atoms with E-state index in [2.05, 4.69) is 18.2 Å². The van der Waals surface area contributed by atoms with Gasteiger partial charge in [0, 0.05) is 15.8 Å². The normalized spacial score (nSPS) is 11.3. The highest BCUT2D eigenvalue weighted by Crippen LogP contribution is 2.36. The van der Waals surface area contributed by atoms with Crippen LogP contribution in [-0.2, 0) is 9.47 Å². The van der Waals surface area contributed by atoms with E-state index in [1.54, 1.807) is 0 Å². The zero-order chi connectivity index (χ0) is 17.5. The monoisotopic (exact) mass is 360 g/mol. The van der Waals surface area contributed by atoms with Gasteiger partial charge in [0.05, 0.1) is 33.0 Å². The lowest BCUT2D eigenvalue weighted by Gasteiger charge is -2.13. The number of aliphatic hydroxyl groups is 1. The molecule has 0 unspecified atom stereocenters. The Labute approximate surface area is 151 Å². The van der Waals surface area contributed by atoms with Crippen LogP contribution in [0.25, 0.3) is 21.5 Å². The molecule has 0 aliphatic rings. The van der Waals surface area contributed by atoms with Crippen LogP contribution >= 0.6 is 11.6 Å². The molecule has 132 valence electrons. The summed E-state index contributed by atoms with van der Waals surface area (Å²) in [5.41, 5.74) is 0. The van der Waals surface area contributed by atoms with Crippen LogP contribution in [0.2, 0.25) is 5.02 Å². The molecule has 0 saturated heterocycles. The first-order valence-electron chi connectivity index (χ1n) is 8.30. The van der Waals surface area contributed by atoms with E-state index in [1.807, 2.05) is 30.3 Å². The third kappa shape index (κ3) is 4.61. The van der Waals surface area contributed by atoms with Gasteiger partial charge in [0.25, 0.3) is 0 Å². The Morgan fingerprint density at radius 2 is 1.48 bits per heavy atom. The summed E-state index contributed by atoms with van der Waals surface area (Å²) in [5, 5.41) is 13.6. The van der Waals surface area contributed by atoms with Crippen LogP contribution in [0.5, 0.6) is 5.75 Å². The first-order chi connectivity index (χ1) is 12.3. The second-order valence-electron chi connectivity index (χ2n) is 5.59. The minimum atomic E-state index is 0.0276. The number of fused-ring (bicyclic) bond motifs is 2. The van der Waals surface area contributed by atoms with E-state index in [1.165, 1.54) is 0 Å². The first kappa shape index (κ1) is 18.0. The molecule has 1 N–H and O–H groups in total. The number of benzene rings is 3. The predicted octanol–water partition coefficient (Wildman–Crippen LogP) is 4.05. The molecule has 0 saturated carbocycles. The summed E-state index contributed by atoms with van der Waals surface area (Å²) in [4.78, 5) is 0. The highest BCUT2D eigenvalue weighted by Gasteiger charge is 2.09. The SMILES string of the molecule is OCCOCCOCCOc1c2ccccc2cc2ccc(Cl)cc12. The Morgan fingerprint density at radius 1 is 0.760 bits per heavy atom. The largest absolute Gasteiger partial charge is 0.490 e. The molecule has 0 fully saturated rings. The first-order valence-corrected chi connectivity index (χ1v) is 8.67. The summed E-state index contributed by atoms with van der Waals surface area (Å²) in [6, 6.07) is 16.1. The van der Waals surface area contributed by atoms with Crippen LogP contribution < -0.4 is 4.74 Å². The smallest absolute Gasteiger partial charge is 0.135 e. The van der Waals surface area contributed by atoms with E-state index >= 15 is 0 Å². The lowest BCUT2D eigenvalue weighted by molar-refractivity contribution is 0.0249. The maximum atomic E-state index is 8.63. The Bertz CT molecular complexity index is 834. The molecule has 0 radical (unpaired) electrons. The van der Waals surface area contributed by atoms with Gasteiger partial charge in [0.1, 0.15) is 12.4 Å². The van der Waals surface area contributed by atoms with Crippen LogP contribution in [0.15, 0.2) is 48.5 Å². The quantitative estimate of drug-likeness (QED) is 0.462. The summed E-state index contributed by atoms with van der Waals surface area (Å²) in [6.07, 6.45) is 0. The van der Waals surface area contributed by atoms with Gasteiger partial charge >= 0.3 is 0 Å². The van der Waals surface area contributed by atoms with Gasteiger partial charge < -0.3 is 19.3 Å². The molecule has 0 spiro atoms. The van der Waals surface area contributed by atoms with Crippen LogP contribution in [0, 0.1) is 0 Å². The van der Waals surface area contributed by atoms with Crippen molar-refractivity contribution in [3.63, 3.8) is 0 Å². The summed E-state index contributed by atoms with van der Waals surface area (Å²) >= 11 is 6.17. The summed E-state index contributed by atoms with van der Waals surface area (Å²) in [6.45, 7) is 2.21. The fraction of sp³-hybridized carbons (Fsp3) is 0.300. The molecule has 0 bridgehead atoms. The number of halogens is 1. The average Bonchev–Trinajstić information content (AvgIpc) is 2.63. The van der Waals surface area contributed by atoms with Crippen LogP contribution in [-0.4, -0.2) is 44.7 Å². The van der Waals surface area contributed by atoms with Gasteiger partial charge in [0.15, 0.2) is 0 Å². The van der Waals surface area contributed by atoms with E-state index in [9.17, 15) is 0 Å². The van der Waals surface area contributed by atoms with Crippen molar-refractivity contribution in [2.24, 2.45) is 0 Å². The van der Waals surface area contributed by atoms with E-state index in [4.69, 9.17) is 30.9 Å². The molecule has 0 aromatic heterocycles. The Balaban J connectivity index is 1.71. The second kappa shape index (κ2) is 9.02. The highest BCUT2D eigenvalue weighted by molar-refractivity contribution is 6.31. The van der Waals surface area contributed by atoms with Crippen molar-refractivity contribution in [2.75, 3.05) is 39.6 Å². The molecule has 3 aromatic carbocycles. The average molecular weight is 361 g/mol. The fourth-order valence-electron chi connectivity index (χ4n) is 2.74. The minimum absolute atomic E-state index is 0.0276. The van der Waals surface area contributed by atoms with Crippen molar-refractivity contribution in [3.8, 4) is 5.75 Å². The van der Waals surface area contributed by atoms with E-state index in [0.717, 1.165) is 27.3 Å². The maximum absolute atomic E-state index is 8.63. The van der Waals surface area contributed by atoms with E-state index in [0.29, 0.717) is 38.1 Å². The van der Waals surface area contributed by atoms with Gasteiger partial charge in [-0.05, 0) is 29.0 Å². The van der Waals surface area contributed by atoms with Crippen molar-refractivity contribution in [3.05, 3.63) is 53.6 Å². The summed E-state index contributed by atoms with van der Waals surface area (Å²) < 4.78 is 16.7. The third-order valence-corrected chi connectivity index (χ3v) is 4.09.